The van der Waals surface area contributed by atoms with Gasteiger partial charge in [0.25, 0.3) is 0 Å². The van der Waals surface area contributed by atoms with Crippen LogP contribution in [0, 0.1) is 5.41 Å². The Morgan fingerprint density at radius 3 is 1.59 bits per heavy atom. The van der Waals surface area contributed by atoms with Crippen molar-refractivity contribution in [2.24, 2.45) is 0 Å². The van der Waals surface area contributed by atoms with Gasteiger partial charge in [0.1, 0.15) is 0 Å². The number of hydrogen-bond donors (Lipinski definition) is 1. The Hall–Kier alpha value is -3.33. The summed E-state index contributed by atoms with van der Waals surface area (Å²) in [6.07, 6.45) is 0. The predicted octanol–water partition coefficient (Wildman–Crippen LogP) is 8.11. The molecule has 4 aromatic rings. The highest BCUT2D eigenvalue weighted by molar-refractivity contribution is 6.09. The highest BCUT2D eigenvalue weighted by atomic mass is 15.4. The van der Waals surface area contributed by atoms with Gasteiger partial charge in [-0.05, 0) is 34.7 Å². The lowest BCUT2D eigenvalue weighted by atomic mass is 10.0. The Labute approximate surface area is 193 Å². The number of fused-ring (bicyclic) bond motifs is 1. The Balaban J connectivity index is 0.000000219. The Bertz CT molecular complexity index is 1080. The summed E-state index contributed by atoms with van der Waals surface area (Å²) in [5.74, 6) is 0.534. The summed E-state index contributed by atoms with van der Waals surface area (Å²) in [7, 11) is 3.83. The van der Waals surface area contributed by atoms with Crippen LogP contribution in [0.3, 0.4) is 0 Å². The Kier molecular flexibility index (Phi) is 9.27. The van der Waals surface area contributed by atoms with E-state index in [2.05, 4.69) is 96.8 Å². The smallest absolute Gasteiger partial charge is 0.198 e. The summed E-state index contributed by atoms with van der Waals surface area (Å²) in [4.78, 5) is 3.94. The van der Waals surface area contributed by atoms with Gasteiger partial charge in [0.05, 0.1) is 11.7 Å². The van der Waals surface area contributed by atoms with Crippen molar-refractivity contribution in [1.82, 2.24) is 4.90 Å². The van der Waals surface area contributed by atoms with Gasteiger partial charge in [-0.25, -0.2) is 0 Å². The number of nitrogens with zero attached hydrogens (tertiary/aromatic N) is 2. The Morgan fingerprint density at radius 1 is 0.688 bits per heavy atom. The maximum Gasteiger partial charge on any atom is 0.198 e. The summed E-state index contributed by atoms with van der Waals surface area (Å²) in [6.45, 7) is 10.2. The van der Waals surface area contributed by atoms with Crippen LogP contribution in [0.5, 0.6) is 0 Å². The molecule has 168 valence electrons. The van der Waals surface area contributed by atoms with Gasteiger partial charge in [-0.2, -0.15) is 0 Å². The third kappa shape index (κ3) is 5.11. The van der Waals surface area contributed by atoms with Gasteiger partial charge in [0, 0.05) is 19.5 Å². The van der Waals surface area contributed by atoms with E-state index in [-0.39, 0.29) is 6.04 Å². The molecule has 1 N–H and O–H groups in total. The van der Waals surface area contributed by atoms with Crippen LogP contribution >= 0.6 is 0 Å². The normalized spacial score (nSPS) is 13.2. The van der Waals surface area contributed by atoms with Gasteiger partial charge in [-0.15, -0.1) is 0 Å². The molecule has 3 nitrogen and oxygen atoms in total. The minimum Gasteiger partial charge on any atom is -0.349 e. The number of rotatable bonds is 0. The van der Waals surface area contributed by atoms with Crippen LogP contribution < -0.4 is 4.90 Å². The summed E-state index contributed by atoms with van der Waals surface area (Å²) < 4.78 is 0. The molecule has 0 aromatic heterocycles. The molecule has 32 heavy (non-hydrogen) atoms. The molecule has 0 saturated heterocycles. The summed E-state index contributed by atoms with van der Waals surface area (Å²) >= 11 is 0. The number of nitrogens with one attached hydrogen (secondary N) is 1. The largest absolute Gasteiger partial charge is 0.349 e. The highest BCUT2D eigenvalue weighted by Gasteiger charge is 2.31. The first-order valence-electron chi connectivity index (χ1n) is 11.6. The molecule has 0 saturated carbocycles. The predicted molar refractivity (Wildman–Crippen MR) is 143 cm³/mol. The molecular formula is C29H37N3. The molecule has 1 aliphatic heterocycles. The number of guanidine groups is 1. The van der Waals surface area contributed by atoms with E-state index in [1.807, 2.05) is 46.7 Å². The molecule has 0 spiro atoms. The van der Waals surface area contributed by atoms with E-state index in [4.69, 9.17) is 5.41 Å². The zero-order valence-corrected chi connectivity index (χ0v) is 20.6. The number of anilines is 1. The van der Waals surface area contributed by atoms with E-state index in [1.54, 1.807) is 0 Å². The Morgan fingerprint density at radius 2 is 1.12 bits per heavy atom. The third-order valence-corrected chi connectivity index (χ3v) is 5.32. The molecule has 5 rings (SSSR count). The number of benzene rings is 4. The monoisotopic (exact) mass is 427 g/mol. The maximum atomic E-state index is 8.26. The lowest BCUT2D eigenvalue weighted by molar-refractivity contribution is 0.585. The molecule has 1 unspecified atom stereocenters. The van der Waals surface area contributed by atoms with Crippen molar-refractivity contribution in [3.8, 4) is 0 Å². The topological polar surface area (TPSA) is 30.3 Å². The fourth-order valence-electron chi connectivity index (χ4n) is 3.89. The van der Waals surface area contributed by atoms with Crippen LogP contribution in [0.4, 0.5) is 5.69 Å². The van der Waals surface area contributed by atoms with E-state index in [1.165, 1.54) is 27.1 Å². The first-order chi connectivity index (χ1) is 15.6. The zero-order chi connectivity index (χ0) is 23.7. The van der Waals surface area contributed by atoms with E-state index in [9.17, 15) is 0 Å². The molecule has 0 fully saturated rings. The van der Waals surface area contributed by atoms with Gasteiger partial charge in [-0.3, -0.25) is 5.41 Å². The van der Waals surface area contributed by atoms with Crippen LogP contribution in [-0.2, 0) is 0 Å². The fourth-order valence-corrected chi connectivity index (χ4v) is 3.89. The lowest BCUT2D eigenvalue weighted by Gasteiger charge is -2.29. The second-order valence-electron chi connectivity index (χ2n) is 7.33. The lowest BCUT2D eigenvalue weighted by Crippen LogP contribution is -2.39. The van der Waals surface area contributed by atoms with Gasteiger partial charge < -0.3 is 9.80 Å². The SMILES string of the molecule is CC.CC.CC1c2cccc3cccc(c23)N1C(=N)N(C)C.c1ccc2ccccc2c1. The molecule has 0 radical (unpaired) electrons. The molecule has 1 heterocycles. The molecule has 0 amide bonds. The first kappa shape index (κ1) is 24.9. The second-order valence-corrected chi connectivity index (χ2v) is 7.33. The van der Waals surface area contributed by atoms with Crippen molar-refractivity contribution in [3.63, 3.8) is 0 Å². The first-order valence-corrected chi connectivity index (χ1v) is 11.6. The molecule has 1 atom stereocenters. The van der Waals surface area contributed by atoms with E-state index < -0.39 is 0 Å². The average Bonchev–Trinajstić information content (AvgIpc) is 3.15. The van der Waals surface area contributed by atoms with Crippen LogP contribution in [0.1, 0.15) is 46.2 Å². The molecule has 4 aromatic carbocycles. The van der Waals surface area contributed by atoms with Gasteiger partial charge >= 0.3 is 0 Å². The van der Waals surface area contributed by atoms with Crippen molar-refractivity contribution in [2.45, 2.75) is 40.7 Å². The average molecular weight is 428 g/mol. The van der Waals surface area contributed by atoms with Crippen molar-refractivity contribution >= 4 is 33.2 Å². The van der Waals surface area contributed by atoms with Crippen LogP contribution in [0.25, 0.3) is 21.5 Å². The maximum absolute atomic E-state index is 8.26. The minimum absolute atomic E-state index is 0.223. The summed E-state index contributed by atoms with van der Waals surface area (Å²) in [5, 5.41) is 13.4. The molecule has 0 bridgehead atoms. The van der Waals surface area contributed by atoms with Gasteiger partial charge in [0.2, 0.25) is 0 Å². The number of hydrogen-bond acceptors (Lipinski definition) is 1. The highest BCUT2D eigenvalue weighted by Crippen LogP contribution is 2.43. The van der Waals surface area contributed by atoms with Gasteiger partial charge in [0.15, 0.2) is 5.96 Å². The van der Waals surface area contributed by atoms with Crippen LogP contribution in [-0.4, -0.2) is 25.0 Å². The zero-order valence-electron chi connectivity index (χ0n) is 20.6. The van der Waals surface area contributed by atoms with Gasteiger partial charge in [-0.1, -0.05) is 107 Å². The fraction of sp³-hybridized carbons (Fsp3) is 0.276. The summed E-state index contributed by atoms with van der Waals surface area (Å²) in [5.41, 5.74) is 2.46. The molecule has 0 aliphatic carbocycles. The molecule has 1 aliphatic rings. The van der Waals surface area contributed by atoms with Crippen LogP contribution in [0.2, 0.25) is 0 Å². The summed E-state index contributed by atoms with van der Waals surface area (Å²) in [6, 6.07) is 29.6. The quantitative estimate of drug-likeness (QED) is 0.227. The molecular weight excluding hydrogens is 390 g/mol. The van der Waals surface area contributed by atoms with E-state index in [0.29, 0.717) is 5.96 Å². The van der Waals surface area contributed by atoms with Crippen molar-refractivity contribution in [1.29, 1.82) is 5.41 Å². The van der Waals surface area contributed by atoms with Crippen molar-refractivity contribution in [2.75, 3.05) is 19.0 Å². The third-order valence-electron chi connectivity index (χ3n) is 5.32. The minimum atomic E-state index is 0.223. The standard InChI is InChI=1S/C15H17N3.C10H8.2C2H6/c1-10-12-8-4-6-11-7-5-9-13(14(11)12)18(10)15(16)17(2)3;1-2-6-10-8-4-3-7-9(10)5-1;2*1-2/h4-10,16H,1-3H3;1-8H;2*1-2H3. The van der Waals surface area contributed by atoms with Crippen molar-refractivity contribution < 1.29 is 0 Å². The second kappa shape index (κ2) is 11.9. The molecule has 3 heteroatoms. The van der Waals surface area contributed by atoms with E-state index >= 15 is 0 Å². The van der Waals surface area contributed by atoms with E-state index in [0.717, 1.165) is 5.69 Å². The van der Waals surface area contributed by atoms with Crippen LogP contribution in [0.15, 0.2) is 84.9 Å². The van der Waals surface area contributed by atoms with Crippen molar-refractivity contribution in [3.05, 3.63) is 90.5 Å².